The molecule has 4 rings (SSSR count). The molecule has 0 aliphatic carbocycles. The Morgan fingerprint density at radius 3 is 2.96 bits per heavy atom. The molecule has 0 spiro atoms. The van der Waals surface area contributed by atoms with Gasteiger partial charge in [0.15, 0.2) is 0 Å². The molecule has 1 aliphatic rings. The highest BCUT2D eigenvalue weighted by molar-refractivity contribution is 7.18. The van der Waals surface area contributed by atoms with Crippen molar-refractivity contribution in [2.24, 2.45) is 0 Å². The second kappa shape index (κ2) is 6.24. The van der Waals surface area contributed by atoms with Gasteiger partial charge in [0.05, 0.1) is 5.39 Å². The average molecular weight is 341 g/mol. The maximum absolute atomic E-state index is 12.1. The minimum atomic E-state index is -0.0312. The second-order valence-electron chi connectivity index (χ2n) is 6.09. The third kappa shape index (κ3) is 2.87. The highest BCUT2D eigenvalue weighted by Crippen LogP contribution is 2.31. The molecule has 1 aliphatic heterocycles. The number of carbonyl (C=O) groups excluding carboxylic acids is 1. The van der Waals surface area contributed by atoms with E-state index in [9.17, 15) is 4.79 Å². The van der Waals surface area contributed by atoms with Crippen LogP contribution in [0.4, 0.5) is 5.82 Å². The van der Waals surface area contributed by atoms with Crippen molar-refractivity contribution in [1.82, 2.24) is 20.3 Å². The van der Waals surface area contributed by atoms with Crippen LogP contribution in [0.25, 0.3) is 10.2 Å². The second-order valence-corrected chi connectivity index (χ2v) is 7.33. The summed E-state index contributed by atoms with van der Waals surface area (Å²) >= 11 is 1.70. The van der Waals surface area contributed by atoms with Gasteiger partial charge in [-0.25, -0.2) is 9.97 Å². The molecule has 0 atom stereocenters. The van der Waals surface area contributed by atoms with Crippen LogP contribution in [0.15, 0.2) is 30.7 Å². The van der Waals surface area contributed by atoms with E-state index in [1.165, 1.54) is 4.88 Å². The van der Waals surface area contributed by atoms with Crippen LogP contribution in [0.3, 0.4) is 0 Å². The molecule has 1 fully saturated rings. The Kier molecular flexibility index (Phi) is 3.93. The number of fused-ring (bicyclic) bond motifs is 1. The van der Waals surface area contributed by atoms with Crippen LogP contribution >= 0.6 is 11.3 Å². The Morgan fingerprint density at radius 2 is 2.21 bits per heavy atom. The van der Waals surface area contributed by atoms with Crippen LogP contribution in [-0.2, 0) is 0 Å². The van der Waals surface area contributed by atoms with Gasteiger partial charge in [0, 0.05) is 30.2 Å². The lowest BCUT2D eigenvalue weighted by molar-refractivity contribution is 0.0926. The molecule has 3 aromatic rings. The number of anilines is 1. The van der Waals surface area contributed by atoms with Crippen molar-refractivity contribution in [3.05, 3.63) is 41.3 Å². The van der Waals surface area contributed by atoms with Crippen molar-refractivity contribution in [2.45, 2.75) is 25.8 Å². The van der Waals surface area contributed by atoms with Crippen LogP contribution in [-0.4, -0.2) is 40.0 Å². The molecule has 1 saturated heterocycles. The highest BCUT2D eigenvalue weighted by Gasteiger charge is 2.23. The number of amides is 1. The molecule has 1 amide bonds. The minimum Gasteiger partial charge on any atom is -0.357 e. The number of aryl methyl sites for hydroxylation is 1. The van der Waals surface area contributed by atoms with Crippen molar-refractivity contribution in [1.29, 1.82) is 0 Å². The van der Waals surface area contributed by atoms with Crippen LogP contribution < -0.4 is 10.2 Å². The number of nitrogens with zero attached hydrogens (tertiary/aromatic N) is 3. The number of H-pyrrole nitrogens is 1. The maximum atomic E-state index is 12.1. The van der Waals surface area contributed by atoms with E-state index in [1.54, 1.807) is 29.9 Å². The fraction of sp³-hybridized carbons (Fsp3) is 0.353. The lowest BCUT2D eigenvalue weighted by Crippen LogP contribution is -2.45. The molecule has 6 nitrogen and oxygen atoms in total. The normalized spacial score (nSPS) is 15.8. The molecule has 7 heteroatoms. The number of piperidine rings is 1. The molecule has 0 unspecified atom stereocenters. The predicted octanol–water partition coefficient (Wildman–Crippen LogP) is 2.73. The molecule has 2 N–H and O–H groups in total. The van der Waals surface area contributed by atoms with Crippen LogP contribution in [0.5, 0.6) is 0 Å². The first kappa shape index (κ1) is 15.1. The van der Waals surface area contributed by atoms with E-state index in [0.717, 1.165) is 42.0 Å². The van der Waals surface area contributed by atoms with Gasteiger partial charge in [-0.1, -0.05) is 0 Å². The standard InChI is InChI=1S/C17H19N5OS/c1-11-9-13-15(19-10-20-17(13)24-11)22-7-4-12(5-8-22)21-16(23)14-3-2-6-18-14/h2-3,6,9-10,12,18H,4-5,7-8H2,1H3,(H,21,23). The topological polar surface area (TPSA) is 73.9 Å². The summed E-state index contributed by atoms with van der Waals surface area (Å²) in [6.45, 7) is 3.87. The number of aromatic nitrogens is 3. The van der Waals surface area contributed by atoms with Crippen LogP contribution in [0.2, 0.25) is 0 Å². The summed E-state index contributed by atoms with van der Waals surface area (Å²) in [6.07, 6.45) is 5.25. The Hall–Kier alpha value is -2.41. The van der Waals surface area contributed by atoms with Crippen LogP contribution in [0.1, 0.15) is 28.2 Å². The number of hydrogen-bond donors (Lipinski definition) is 2. The van der Waals surface area contributed by atoms with Gasteiger partial charge in [0.1, 0.15) is 22.7 Å². The third-order valence-electron chi connectivity index (χ3n) is 4.40. The van der Waals surface area contributed by atoms with E-state index >= 15 is 0 Å². The zero-order valence-corrected chi connectivity index (χ0v) is 14.3. The van der Waals surface area contributed by atoms with E-state index < -0.39 is 0 Å². The summed E-state index contributed by atoms with van der Waals surface area (Å²) in [5.41, 5.74) is 0.615. The predicted molar refractivity (Wildman–Crippen MR) is 95.6 cm³/mol. The summed E-state index contributed by atoms with van der Waals surface area (Å²) in [5, 5.41) is 4.24. The highest BCUT2D eigenvalue weighted by atomic mass is 32.1. The Morgan fingerprint density at radius 1 is 1.38 bits per heavy atom. The first-order chi connectivity index (χ1) is 11.7. The van der Waals surface area contributed by atoms with Crippen LogP contribution in [0, 0.1) is 6.92 Å². The Labute approximate surface area is 143 Å². The fourth-order valence-electron chi connectivity index (χ4n) is 3.19. The van der Waals surface area contributed by atoms with Gasteiger partial charge < -0.3 is 15.2 Å². The number of carbonyl (C=O) groups is 1. The van der Waals surface area contributed by atoms with Gasteiger partial charge in [0.25, 0.3) is 5.91 Å². The summed E-state index contributed by atoms with van der Waals surface area (Å²) in [4.78, 5) is 28.5. The largest absolute Gasteiger partial charge is 0.357 e. The third-order valence-corrected chi connectivity index (χ3v) is 5.36. The number of thiophene rings is 1. The average Bonchev–Trinajstić information content (AvgIpc) is 3.23. The summed E-state index contributed by atoms with van der Waals surface area (Å²) < 4.78 is 0. The van der Waals surface area contributed by atoms with E-state index in [2.05, 4.69) is 38.2 Å². The van der Waals surface area contributed by atoms with Gasteiger partial charge >= 0.3 is 0 Å². The monoisotopic (exact) mass is 341 g/mol. The number of aromatic amines is 1. The van der Waals surface area contributed by atoms with Gasteiger partial charge in [-0.2, -0.15) is 0 Å². The number of rotatable bonds is 3. The van der Waals surface area contributed by atoms with Gasteiger partial charge in [-0.05, 0) is 38.0 Å². The molecular weight excluding hydrogens is 322 g/mol. The zero-order chi connectivity index (χ0) is 16.5. The van der Waals surface area contributed by atoms with Crippen molar-refractivity contribution in [3.63, 3.8) is 0 Å². The maximum Gasteiger partial charge on any atom is 0.267 e. The molecular formula is C17H19N5OS. The lowest BCUT2D eigenvalue weighted by atomic mass is 10.0. The molecule has 0 bridgehead atoms. The van der Waals surface area contributed by atoms with Gasteiger partial charge in [0.2, 0.25) is 0 Å². The van der Waals surface area contributed by atoms with E-state index in [-0.39, 0.29) is 11.9 Å². The van der Waals surface area contributed by atoms with Gasteiger partial charge in [-0.15, -0.1) is 11.3 Å². The first-order valence-electron chi connectivity index (χ1n) is 8.11. The summed E-state index contributed by atoms with van der Waals surface area (Å²) in [7, 11) is 0. The molecule has 24 heavy (non-hydrogen) atoms. The first-order valence-corrected chi connectivity index (χ1v) is 8.93. The molecule has 0 radical (unpaired) electrons. The minimum absolute atomic E-state index is 0.0312. The van der Waals surface area contributed by atoms with E-state index in [4.69, 9.17) is 0 Å². The fourth-order valence-corrected chi connectivity index (χ4v) is 4.03. The zero-order valence-electron chi connectivity index (χ0n) is 13.5. The number of hydrogen-bond acceptors (Lipinski definition) is 5. The van der Waals surface area contributed by atoms with E-state index in [0.29, 0.717) is 5.69 Å². The van der Waals surface area contributed by atoms with E-state index in [1.807, 2.05) is 6.07 Å². The van der Waals surface area contributed by atoms with Crippen molar-refractivity contribution in [3.8, 4) is 0 Å². The molecule has 0 saturated carbocycles. The quantitative estimate of drug-likeness (QED) is 0.768. The Balaban J connectivity index is 1.43. The van der Waals surface area contributed by atoms with Crippen molar-refractivity contribution < 1.29 is 4.79 Å². The SMILES string of the molecule is Cc1cc2c(N3CCC(NC(=O)c4ccc[nH]4)CC3)ncnc2s1. The van der Waals surface area contributed by atoms with Crippen molar-refractivity contribution in [2.75, 3.05) is 18.0 Å². The summed E-state index contributed by atoms with van der Waals surface area (Å²) in [6, 6.07) is 5.99. The smallest absolute Gasteiger partial charge is 0.267 e. The van der Waals surface area contributed by atoms with Gasteiger partial charge in [-0.3, -0.25) is 4.79 Å². The Bertz CT molecular complexity index is 849. The molecule has 124 valence electrons. The lowest BCUT2D eigenvalue weighted by Gasteiger charge is -2.33. The molecule has 3 aromatic heterocycles. The van der Waals surface area contributed by atoms with Crippen molar-refractivity contribution >= 4 is 33.3 Å². The summed E-state index contributed by atoms with van der Waals surface area (Å²) in [5.74, 6) is 0.981. The molecule has 4 heterocycles. The molecule has 0 aromatic carbocycles. The number of nitrogens with one attached hydrogen (secondary N) is 2.